The number of benzene rings is 2. The van der Waals surface area contributed by atoms with E-state index in [4.69, 9.17) is 19.3 Å². The summed E-state index contributed by atoms with van der Waals surface area (Å²) in [6.07, 6.45) is 2.61. The van der Waals surface area contributed by atoms with E-state index in [-0.39, 0.29) is 12.0 Å². The van der Waals surface area contributed by atoms with Crippen molar-refractivity contribution in [3.63, 3.8) is 0 Å². The van der Waals surface area contributed by atoms with Gasteiger partial charge >= 0.3 is 0 Å². The highest BCUT2D eigenvalue weighted by molar-refractivity contribution is 5.97. The quantitative estimate of drug-likeness (QED) is 0.652. The molecule has 1 aliphatic heterocycles. The summed E-state index contributed by atoms with van der Waals surface area (Å²) in [4.78, 5) is 12.8. The lowest BCUT2D eigenvalue weighted by atomic mass is 10.1. The Morgan fingerprint density at radius 1 is 1.17 bits per heavy atom. The predicted octanol–water partition coefficient (Wildman–Crippen LogP) is 2.99. The molecular formula is C23H25N3O4. The molecule has 4 rings (SSSR count). The molecule has 0 aliphatic carbocycles. The molecule has 1 atom stereocenters. The summed E-state index contributed by atoms with van der Waals surface area (Å²) in [5.41, 5.74) is 3.65. The van der Waals surface area contributed by atoms with Gasteiger partial charge in [0, 0.05) is 12.7 Å². The van der Waals surface area contributed by atoms with Gasteiger partial charge in [-0.05, 0) is 29.7 Å². The van der Waals surface area contributed by atoms with Crippen LogP contribution in [0.3, 0.4) is 0 Å². The molecule has 7 nitrogen and oxygen atoms in total. The predicted molar refractivity (Wildman–Crippen MR) is 112 cm³/mol. The minimum absolute atomic E-state index is 0.245. The van der Waals surface area contributed by atoms with Crippen molar-refractivity contribution in [3.8, 4) is 11.5 Å². The molecule has 0 saturated heterocycles. The maximum Gasteiger partial charge on any atom is 0.255 e. The van der Waals surface area contributed by atoms with Crippen molar-refractivity contribution in [2.75, 3.05) is 27.4 Å². The molecule has 156 valence electrons. The number of nitrogens with one attached hydrogen (secondary N) is 1. The number of ether oxygens (including phenoxy) is 3. The minimum Gasteiger partial charge on any atom is -0.493 e. The van der Waals surface area contributed by atoms with Gasteiger partial charge in [-0.15, -0.1) is 0 Å². The largest absolute Gasteiger partial charge is 0.493 e. The first-order valence-electron chi connectivity index (χ1n) is 9.90. The third kappa shape index (κ3) is 4.16. The number of nitrogens with zero attached hydrogens (tertiary/aromatic N) is 2. The van der Waals surface area contributed by atoms with E-state index in [1.807, 2.05) is 22.9 Å². The van der Waals surface area contributed by atoms with Crippen molar-refractivity contribution in [1.82, 2.24) is 15.1 Å². The smallest absolute Gasteiger partial charge is 0.255 e. The summed E-state index contributed by atoms with van der Waals surface area (Å²) in [5.74, 6) is 0.682. The first-order chi connectivity index (χ1) is 14.7. The van der Waals surface area contributed by atoms with E-state index in [0.29, 0.717) is 36.8 Å². The maximum absolute atomic E-state index is 12.8. The van der Waals surface area contributed by atoms with Gasteiger partial charge in [0.15, 0.2) is 11.5 Å². The second-order valence-corrected chi connectivity index (χ2v) is 7.08. The van der Waals surface area contributed by atoms with E-state index >= 15 is 0 Å². The van der Waals surface area contributed by atoms with Gasteiger partial charge in [-0.3, -0.25) is 9.48 Å². The number of carbonyl (C=O) groups excluding carboxylic acids is 1. The van der Waals surface area contributed by atoms with Crippen molar-refractivity contribution >= 4 is 5.91 Å². The average molecular weight is 407 g/mol. The van der Waals surface area contributed by atoms with Crippen molar-refractivity contribution in [2.24, 2.45) is 0 Å². The van der Waals surface area contributed by atoms with E-state index in [1.54, 1.807) is 25.3 Å². The molecule has 0 spiro atoms. The molecule has 0 saturated carbocycles. The Kier molecular flexibility index (Phi) is 5.99. The minimum atomic E-state index is -0.286. The number of amides is 1. The molecule has 1 amide bonds. The fourth-order valence-corrected chi connectivity index (χ4v) is 3.68. The van der Waals surface area contributed by atoms with Gasteiger partial charge in [-0.25, -0.2) is 0 Å². The highest BCUT2D eigenvalue weighted by Crippen LogP contribution is 2.31. The number of hydrogen-bond donors (Lipinski definition) is 1. The maximum atomic E-state index is 12.8. The van der Waals surface area contributed by atoms with E-state index in [0.717, 1.165) is 17.7 Å². The van der Waals surface area contributed by atoms with Gasteiger partial charge in [-0.1, -0.05) is 36.4 Å². The molecule has 1 aliphatic rings. The first-order valence-corrected chi connectivity index (χ1v) is 9.90. The normalized spacial score (nSPS) is 15.3. The Morgan fingerprint density at radius 3 is 2.77 bits per heavy atom. The van der Waals surface area contributed by atoms with Crippen molar-refractivity contribution in [2.45, 2.75) is 19.1 Å². The van der Waals surface area contributed by atoms with Crippen LogP contribution in [0.2, 0.25) is 0 Å². The van der Waals surface area contributed by atoms with E-state index in [1.165, 1.54) is 12.7 Å². The van der Waals surface area contributed by atoms with Crippen LogP contribution in [0.4, 0.5) is 0 Å². The topological polar surface area (TPSA) is 74.6 Å². The number of hydrogen-bond acceptors (Lipinski definition) is 5. The molecule has 2 heterocycles. The van der Waals surface area contributed by atoms with Crippen LogP contribution in [0, 0.1) is 0 Å². The van der Waals surface area contributed by atoms with Crippen molar-refractivity contribution in [3.05, 3.63) is 77.1 Å². The van der Waals surface area contributed by atoms with Gasteiger partial charge in [0.2, 0.25) is 0 Å². The van der Waals surface area contributed by atoms with Crippen LogP contribution >= 0.6 is 0 Å². The van der Waals surface area contributed by atoms with E-state index in [9.17, 15) is 4.79 Å². The molecule has 0 fully saturated rings. The molecule has 1 N–H and O–H groups in total. The van der Waals surface area contributed by atoms with Crippen LogP contribution in [-0.2, 0) is 17.7 Å². The van der Waals surface area contributed by atoms with Crippen LogP contribution in [0.5, 0.6) is 11.5 Å². The number of rotatable bonds is 7. The highest BCUT2D eigenvalue weighted by atomic mass is 16.5. The van der Waals surface area contributed by atoms with Crippen molar-refractivity contribution < 1.29 is 19.0 Å². The Labute approximate surface area is 175 Å². The standard InChI is InChI=1S/C23H25N3O4/c1-28-19-10-6-9-18(22(19)29-2)23(27)24-13-20-21-17(11-12-30-20)15-26(25-21)14-16-7-4-3-5-8-16/h3-10,15,20H,11-14H2,1-2H3,(H,24,27)/t20-/m0/s1. The van der Waals surface area contributed by atoms with Crippen LogP contribution in [-0.4, -0.2) is 43.1 Å². The zero-order chi connectivity index (χ0) is 20.9. The lowest BCUT2D eigenvalue weighted by Gasteiger charge is -2.22. The zero-order valence-electron chi connectivity index (χ0n) is 17.1. The van der Waals surface area contributed by atoms with Crippen LogP contribution in [0.15, 0.2) is 54.7 Å². The second kappa shape index (κ2) is 9.00. The summed E-state index contributed by atoms with van der Waals surface area (Å²) < 4.78 is 18.5. The lowest BCUT2D eigenvalue weighted by molar-refractivity contribution is 0.0383. The molecule has 2 aromatic carbocycles. The van der Waals surface area contributed by atoms with E-state index < -0.39 is 0 Å². The second-order valence-electron chi connectivity index (χ2n) is 7.08. The molecule has 1 aromatic heterocycles. The number of carbonyl (C=O) groups is 1. The summed E-state index contributed by atoms with van der Waals surface area (Å²) in [6.45, 7) is 1.63. The Hall–Kier alpha value is -3.32. The molecule has 0 bridgehead atoms. The summed E-state index contributed by atoms with van der Waals surface area (Å²) in [7, 11) is 3.06. The van der Waals surface area contributed by atoms with Gasteiger partial charge < -0.3 is 19.5 Å². The Bertz CT molecular complexity index is 1020. The molecule has 30 heavy (non-hydrogen) atoms. The van der Waals surface area contributed by atoms with Crippen LogP contribution in [0.25, 0.3) is 0 Å². The fourth-order valence-electron chi connectivity index (χ4n) is 3.68. The lowest BCUT2D eigenvalue weighted by Crippen LogP contribution is -2.32. The number of para-hydroxylation sites is 1. The third-order valence-electron chi connectivity index (χ3n) is 5.15. The molecule has 0 radical (unpaired) electrons. The van der Waals surface area contributed by atoms with Gasteiger partial charge in [0.25, 0.3) is 5.91 Å². The van der Waals surface area contributed by atoms with Gasteiger partial charge in [0.1, 0.15) is 6.10 Å². The molecule has 7 heteroatoms. The van der Waals surface area contributed by atoms with Gasteiger partial charge in [-0.2, -0.15) is 5.10 Å². The molecule has 3 aromatic rings. The van der Waals surface area contributed by atoms with E-state index in [2.05, 4.69) is 23.6 Å². The highest BCUT2D eigenvalue weighted by Gasteiger charge is 2.26. The number of methoxy groups -OCH3 is 2. The number of aromatic nitrogens is 2. The summed E-state index contributed by atoms with van der Waals surface area (Å²) in [6, 6.07) is 15.4. The molecule has 0 unspecified atom stereocenters. The van der Waals surface area contributed by atoms with Gasteiger partial charge in [0.05, 0.1) is 38.6 Å². The van der Waals surface area contributed by atoms with Crippen LogP contribution < -0.4 is 14.8 Å². The average Bonchev–Trinajstić information content (AvgIpc) is 3.20. The Morgan fingerprint density at radius 2 is 2.00 bits per heavy atom. The number of fused-ring (bicyclic) bond motifs is 1. The van der Waals surface area contributed by atoms with Crippen molar-refractivity contribution in [1.29, 1.82) is 0 Å². The third-order valence-corrected chi connectivity index (χ3v) is 5.15. The molecular weight excluding hydrogens is 382 g/mol. The SMILES string of the molecule is COc1cccc(C(=O)NC[C@@H]2OCCc3cn(Cc4ccccc4)nc32)c1OC. The fraction of sp³-hybridized carbons (Fsp3) is 0.304. The summed E-state index contributed by atoms with van der Waals surface area (Å²) in [5, 5.41) is 7.68. The zero-order valence-corrected chi connectivity index (χ0v) is 17.1. The monoisotopic (exact) mass is 407 g/mol. The summed E-state index contributed by atoms with van der Waals surface area (Å²) >= 11 is 0. The first kappa shape index (κ1) is 20.0. The Balaban J connectivity index is 1.46. The van der Waals surface area contributed by atoms with Crippen LogP contribution in [0.1, 0.15) is 33.3 Å².